The van der Waals surface area contributed by atoms with Crippen LogP contribution in [0.3, 0.4) is 0 Å². The monoisotopic (exact) mass is 424 g/mol. The third kappa shape index (κ3) is 5.59. The van der Waals surface area contributed by atoms with Crippen molar-refractivity contribution < 1.29 is 54.4 Å². The van der Waals surface area contributed by atoms with Gasteiger partial charge in [0.25, 0.3) is 0 Å². The summed E-state index contributed by atoms with van der Waals surface area (Å²) in [4.78, 5) is 22.6. The van der Waals surface area contributed by atoms with Crippen LogP contribution in [0.25, 0.3) is 0 Å². The van der Waals surface area contributed by atoms with Crippen molar-refractivity contribution >= 4 is 11.8 Å². The summed E-state index contributed by atoms with van der Waals surface area (Å²) in [5, 5.41) is 64.4. The number of ether oxygens (including phenoxy) is 3. The second kappa shape index (κ2) is 10.1. The summed E-state index contributed by atoms with van der Waals surface area (Å²) in [7, 11) is 0. The van der Waals surface area contributed by atoms with Crippen molar-refractivity contribution in [2.75, 3.05) is 13.2 Å². The van der Waals surface area contributed by atoms with Crippen LogP contribution in [-0.4, -0.2) is 117 Å². The third-order valence-corrected chi connectivity index (χ3v) is 4.77. The lowest BCUT2D eigenvalue weighted by Gasteiger charge is -2.44. The predicted molar refractivity (Wildman–Crippen MR) is 91.8 cm³/mol. The van der Waals surface area contributed by atoms with Gasteiger partial charge in [-0.05, 0) is 0 Å². The normalized spacial score (nSPS) is 42.9. The Morgan fingerprint density at radius 3 is 1.90 bits per heavy atom. The molecule has 2 rings (SSSR count). The van der Waals surface area contributed by atoms with E-state index < -0.39 is 86.3 Å². The average molecular weight is 424 g/mol. The lowest BCUT2D eigenvalue weighted by atomic mass is 9.96. The minimum Gasteiger partial charge on any atom is -0.394 e. The number of carbonyl (C=O) groups is 2. The summed E-state index contributed by atoms with van der Waals surface area (Å²) in [6.07, 6.45) is -11.5. The molecule has 2 heterocycles. The van der Waals surface area contributed by atoms with Crippen LogP contribution in [0.5, 0.6) is 0 Å². The molecular weight excluding hydrogens is 396 g/mol. The first-order chi connectivity index (χ1) is 13.6. The van der Waals surface area contributed by atoms with Gasteiger partial charge in [0.1, 0.15) is 48.7 Å². The molecule has 2 amide bonds. The van der Waals surface area contributed by atoms with Crippen LogP contribution >= 0.6 is 0 Å². The molecule has 0 aliphatic carbocycles. The van der Waals surface area contributed by atoms with Gasteiger partial charge in [-0.25, -0.2) is 0 Å². The molecule has 2 aliphatic heterocycles. The Morgan fingerprint density at radius 2 is 1.34 bits per heavy atom. The van der Waals surface area contributed by atoms with Gasteiger partial charge in [-0.3, -0.25) is 9.59 Å². The van der Waals surface area contributed by atoms with E-state index in [-0.39, 0.29) is 0 Å². The van der Waals surface area contributed by atoms with E-state index in [0.717, 1.165) is 0 Å². The second-order valence-electron chi connectivity index (χ2n) is 7.04. The van der Waals surface area contributed by atoms with Gasteiger partial charge in [0.2, 0.25) is 11.8 Å². The van der Waals surface area contributed by atoms with Crippen molar-refractivity contribution in [2.45, 2.75) is 75.1 Å². The summed E-state index contributed by atoms with van der Waals surface area (Å²) in [6.45, 7) is 1.26. The highest BCUT2D eigenvalue weighted by Gasteiger charge is 2.48. The van der Waals surface area contributed by atoms with Crippen LogP contribution in [0.2, 0.25) is 0 Å². The van der Waals surface area contributed by atoms with Crippen molar-refractivity contribution in [3.05, 3.63) is 0 Å². The number of nitrogens with one attached hydrogen (secondary N) is 2. The second-order valence-corrected chi connectivity index (χ2v) is 7.04. The number of aliphatic hydroxyl groups excluding tert-OH is 6. The maximum Gasteiger partial charge on any atom is 0.217 e. The SMILES string of the molecule is CC(=O)N[C@H]1[C@H](OC[C@H]2OC(O)[C@H](NC(C)=O)[C@@H](O)[C@@H]2O)O[C@H](CO)[C@H](O)[C@@H]1O. The Morgan fingerprint density at radius 1 is 0.828 bits per heavy atom. The molecule has 0 saturated carbocycles. The van der Waals surface area contributed by atoms with Crippen LogP contribution in [-0.2, 0) is 23.8 Å². The van der Waals surface area contributed by atoms with Crippen LogP contribution < -0.4 is 10.6 Å². The maximum atomic E-state index is 11.4. The minimum atomic E-state index is -1.64. The van der Waals surface area contributed by atoms with Crippen LogP contribution in [0.15, 0.2) is 0 Å². The lowest BCUT2D eigenvalue weighted by molar-refractivity contribution is -0.297. The maximum absolute atomic E-state index is 11.4. The molecule has 29 heavy (non-hydrogen) atoms. The fraction of sp³-hybridized carbons (Fsp3) is 0.875. The van der Waals surface area contributed by atoms with Crippen molar-refractivity contribution in [2.24, 2.45) is 0 Å². The van der Waals surface area contributed by atoms with Crippen molar-refractivity contribution in [3.8, 4) is 0 Å². The molecule has 1 unspecified atom stereocenters. The fourth-order valence-corrected chi connectivity index (χ4v) is 3.28. The number of amides is 2. The molecule has 0 aromatic heterocycles. The van der Waals surface area contributed by atoms with Crippen molar-refractivity contribution in [1.82, 2.24) is 10.6 Å². The summed E-state index contributed by atoms with van der Waals surface area (Å²) in [5.74, 6) is -1.09. The van der Waals surface area contributed by atoms with E-state index in [9.17, 15) is 40.2 Å². The molecule has 0 bridgehead atoms. The first kappa shape index (κ1) is 23.9. The molecule has 0 aromatic carbocycles. The number of rotatable bonds is 6. The molecule has 0 radical (unpaired) electrons. The average Bonchev–Trinajstić information content (AvgIpc) is 2.65. The van der Waals surface area contributed by atoms with E-state index in [2.05, 4.69) is 10.6 Å². The number of carbonyl (C=O) groups excluding carboxylic acids is 2. The predicted octanol–water partition coefficient (Wildman–Crippen LogP) is -5.11. The molecule has 0 spiro atoms. The van der Waals surface area contributed by atoms with Gasteiger partial charge in [-0.2, -0.15) is 0 Å². The van der Waals surface area contributed by atoms with E-state index in [1.165, 1.54) is 13.8 Å². The molecule has 2 fully saturated rings. The van der Waals surface area contributed by atoms with Crippen LogP contribution in [0.1, 0.15) is 13.8 Å². The third-order valence-electron chi connectivity index (χ3n) is 4.77. The molecule has 0 aromatic rings. The Bertz CT molecular complexity index is 579. The van der Waals surface area contributed by atoms with Gasteiger partial charge in [0.05, 0.1) is 13.2 Å². The van der Waals surface area contributed by atoms with E-state index in [1.54, 1.807) is 0 Å². The van der Waals surface area contributed by atoms with Crippen molar-refractivity contribution in [3.63, 3.8) is 0 Å². The molecule has 168 valence electrons. The van der Waals surface area contributed by atoms with Gasteiger partial charge < -0.3 is 55.5 Å². The van der Waals surface area contributed by atoms with E-state index in [1.807, 2.05) is 0 Å². The van der Waals surface area contributed by atoms with Crippen LogP contribution in [0, 0.1) is 0 Å². The molecule has 13 heteroatoms. The summed E-state index contributed by atoms with van der Waals surface area (Å²) >= 11 is 0. The van der Waals surface area contributed by atoms with E-state index in [4.69, 9.17) is 14.2 Å². The zero-order valence-electron chi connectivity index (χ0n) is 15.9. The summed E-state index contributed by atoms with van der Waals surface area (Å²) < 4.78 is 16.0. The lowest BCUT2D eigenvalue weighted by Crippen LogP contribution is -2.66. The Kier molecular flexibility index (Phi) is 8.28. The zero-order chi connectivity index (χ0) is 21.9. The molecule has 13 nitrogen and oxygen atoms in total. The van der Waals surface area contributed by atoms with Crippen LogP contribution in [0.4, 0.5) is 0 Å². The molecule has 8 N–H and O–H groups in total. The first-order valence-electron chi connectivity index (χ1n) is 9.04. The zero-order valence-corrected chi connectivity index (χ0v) is 15.9. The van der Waals surface area contributed by atoms with Gasteiger partial charge in [0.15, 0.2) is 12.6 Å². The standard InChI is InChI=1S/C16H28N2O11/c1-5(20)17-9-13(24)12(23)8(28-15(9)26)4-27-16-10(18-6(2)21)14(25)11(22)7(3-19)29-16/h7-16,19,22-26H,3-4H2,1-2H3,(H,17,20)(H,18,21)/t7-,8-,9-,10-,11+,12-,13-,14-,15?,16-/m1/s1. The van der Waals surface area contributed by atoms with Gasteiger partial charge in [-0.15, -0.1) is 0 Å². The molecule has 2 saturated heterocycles. The first-order valence-corrected chi connectivity index (χ1v) is 9.04. The number of hydrogen-bond acceptors (Lipinski definition) is 11. The highest BCUT2D eigenvalue weighted by Crippen LogP contribution is 2.25. The molecular formula is C16H28N2O11. The highest BCUT2D eigenvalue weighted by atomic mass is 16.7. The Balaban J connectivity index is 2.05. The molecule has 2 aliphatic rings. The van der Waals surface area contributed by atoms with Crippen molar-refractivity contribution in [1.29, 1.82) is 0 Å². The van der Waals surface area contributed by atoms with E-state index in [0.29, 0.717) is 0 Å². The molecule has 10 atom stereocenters. The number of hydrogen-bond donors (Lipinski definition) is 8. The number of aliphatic hydroxyl groups is 6. The van der Waals surface area contributed by atoms with Gasteiger partial charge in [-0.1, -0.05) is 0 Å². The Hall–Kier alpha value is -1.42. The van der Waals surface area contributed by atoms with Gasteiger partial charge in [0, 0.05) is 13.8 Å². The topological polar surface area (TPSA) is 207 Å². The minimum absolute atomic E-state index is 0.455. The summed E-state index contributed by atoms with van der Waals surface area (Å²) in [5.41, 5.74) is 0. The van der Waals surface area contributed by atoms with Gasteiger partial charge >= 0.3 is 0 Å². The fourth-order valence-electron chi connectivity index (χ4n) is 3.28. The van der Waals surface area contributed by atoms with E-state index >= 15 is 0 Å². The quantitative estimate of drug-likeness (QED) is 0.202. The largest absolute Gasteiger partial charge is 0.394 e. The highest BCUT2D eigenvalue weighted by molar-refractivity contribution is 5.73. The Labute approximate surface area is 166 Å². The summed E-state index contributed by atoms with van der Waals surface area (Å²) in [6, 6.07) is -2.46. The smallest absolute Gasteiger partial charge is 0.217 e.